The second-order valence-electron chi connectivity index (χ2n) is 6.19. The lowest BCUT2D eigenvalue weighted by Crippen LogP contribution is -2.03. The maximum atomic E-state index is 11.1. The molecule has 0 fully saturated rings. The van der Waals surface area contributed by atoms with Crippen molar-refractivity contribution in [2.75, 3.05) is 6.61 Å². The summed E-state index contributed by atoms with van der Waals surface area (Å²) in [6.07, 6.45) is 12.4. The van der Waals surface area contributed by atoms with E-state index < -0.39 is 25.8 Å². The maximum absolute atomic E-state index is 11.1. The first-order valence-corrected chi connectivity index (χ1v) is 12.0. The van der Waals surface area contributed by atoms with Gasteiger partial charge in [0.1, 0.15) is 5.75 Å². The molecule has 1 rings (SSSR count). The predicted octanol–water partition coefficient (Wildman–Crippen LogP) is 6.05. The van der Waals surface area contributed by atoms with E-state index in [9.17, 15) is 10.9 Å². The highest BCUT2D eigenvalue weighted by Crippen LogP contribution is 2.26. The molecule has 0 bridgehead atoms. The number of rotatable bonds is 14. The van der Waals surface area contributed by atoms with Gasteiger partial charge < -0.3 is 9.84 Å². The van der Waals surface area contributed by atoms with Crippen molar-refractivity contribution in [3.8, 4) is 5.75 Å². The summed E-state index contributed by atoms with van der Waals surface area (Å²) in [5, 5.41) is 9.09. The zero-order chi connectivity index (χ0) is 18.5. The Morgan fingerprint density at radius 3 is 2.04 bits per heavy atom. The van der Waals surface area contributed by atoms with Gasteiger partial charge in [-0.1, -0.05) is 64.7 Å². The van der Waals surface area contributed by atoms with E-state index in [2.05, 4.69) is 6.92 Å². The minimum Gasteiger partial charge on any atom is -0.494 e. The van der Waals surface area contributed by atoms with Crippen molar-refractivity contribution >= 4 is 25.8 Å². The third-order valence-electron chi connectivity index (χ3n) is 4.10. The highest BCUT2D eigenvalue weighted by atomic mass is 127. The first-order chi connectivity index (χ1) is 12.1. The lowest BCUT2D eigenvalue weighted by atomic mass is 10.1. The fourth-order valence-corrected chi connectivity index (χ4v) is 4.01. The molecule has 0 saturated carbocycles. The molecule has 0 unspecified atom stereocenters. The standard InChI is InChI=1S/C19H29IO5/c1-2-3-4-5-6-7-8-9-10-11-14-25-16-12-13-18(20(23)24)17(15-16)19(21)22/h12-13,15H,2-11,14H2,1H3,(H,21,22). The van der Waals surface area contributed by atoms with E-state index in [1.165, 1.54) is 69.6 Å². The molecule has 0 amide bonds. The largest absolute Gasteiger partial charge is 0.494 e. The SMILES string of the molecule is CCCCCCCCCCCCOc1ccc(I(=O)=O)c(C(=O)O)c1. The molecule has 1 aromatic carbocycles. The molecule has 1 aromatic rings. The fourth-order valence-electron chi connectivity index (χ4n) is 2.67. The van der Waals surface area contributed by atoms with Gasteiger partial charge in [0, 0.05) is 0 Å². The lowest BCUT2D eigenvalue weighted by molar-refractivity contribution is 0.0695. The average molecular weight is 464 g/mol. The molecule has 0 spiro atoms. The van der Waals surface area contributed by atoms with Gasteiger partial charge in [-0.25, -0.2) is 10.9 Å². The molecule has 1 N–H and O–H groups in total. The van der Waals surface area contributed by atoms with Crippen LogP contribution in [0.5, 0.6) is 5.75 Å². The van der Waals surface area contributed by atoms with Crippen molar-refractivity contribution < 1.29 is 20.8 Å². The van der Waals surface area contributed by atoms with Gasteiger partial charge in [0.2, 0.25) is 0 Å². The van der Waals surface area contributed by atoms with Gasteiger partial charge in [-0.2, -0.15) is 0 Å². The summed E-state index contributed by atoms with van der Waals surface area (Å²) in [5.41, 5.74) is -0.198. The molecule has 0 aliphatic rings. The van der Waals surface area contributed by atoms with E-state index in [1.54, 1.807) is 0 Å². The van der Waals surface area contributed by atoms with Crippen LogP contribution in [0.1, 0.15) is 81.5 Å². The Morgan fingerprint density at radius 2 is 1.52 bits per heavy atom. The van der Waals surface area contributed by atoms with Crippen molar-refractivity contribution in [3.63, 3.8) is 0 Å². The summed E-state index contributed by atoms with van der Waals surface area (Å²) in [5.74, 6) is -0.830. The Balaban J connectivity index is 2.20. The molecule has 0 aliphatic carbocycles. The predicted molar refractivity (Wildman–Crippen MR) is 105 cm³/mol. The normalized spacial score (nSPS) is 11.0. The molecule has 0 atom stereocenters. The topological polar surface area (TPSA) is 80.7 Å². The molecule has 0 aromatic heterocycles. The summed E-state index contributed by atoms with van der Waals surface area (Å²) in [6, 6.07) is 4.15. The minimum atomic E-state index is -3.81. The van der Waals surface area contributed by atoms with Crippen molar-refractivity contribution in [1.82, 2.24) is 0 Å². The summed E-state index contributed by atoms with van der Waals surface area (Å²) in [4.78, 5) is 11.1. The molecule has 6 heteroatoms. The Bertz CT molecular complexity index is 587. The summed E-state index contributed by atoms with van der Waals surface area (Å²) >= 11 is -3.81. The third kappa shape index (κ3) is 9.18. The molecule has 0 heterocycles. The molecule has 142 valence electrons. The monoisotopic (exact) mass is 464 g/mol. The molecular weight excluding hydrogens is 435 g/mol. The molecule has 0 radical (unpaired) electrons. The second kappa shape index (κ2) is 13.1. The van der Waals surface area contributed by atoms with Gasteiger partial charge in [0.25, 0.3) is 0 Å². The molecular formula is C19H29IO5. The van der Waals surface area contributed by atoms with Crippen molar-refractivity contribution in [3.05, 3.63) is 27.3 Å². The molecule has 0 aliphatic heterocycles. The van der Waals surface area contributed by atoms with Crippen LogP contribution < -0.4 is 4.74 Å². The number of hydrogen-bond donors (Lipinski definition) is 1. The van der Waals surface area contributed by atoms with Crippen LogP contribution in [0.15, 0.2) is 18.2 Å². The van der Waals surface area contributed by atoms with Gasteiger partial charge in [-0.15, -0.1) is 0 Å². The number of hydrogen-bond acceptors (Lipinski definition) is 4. The summed E-state index contributed by atoms with van der Waals surface area (Å²) < 4.78 is 27.7. The Kier molecular flexibility index (Phi) is 11.4. The van der Waals surface area contributed by atoms with Crippen LogP contribution in [-0.4, -0.2) is 17.7 Å². The van der Waals surface area contributed by atoms with Gasteiger partial charge in [0.15, 0.2) is 0 Å². The third-order valence-corrected chi connectivity index (χ3v) is 5.99. The van der Waals surface area contributed by atoms with Crippen LogP contribution in [-0.2, 0) is 6.14 Å². The average Bonchev–Trinajstić information content (AvgIpc) is 2.59. The van der Waals surface area contributed by atoms with Crippen LogP contribution in [0.4, 0.5) is 0 Å². The number of carboxylic acid groups (broad SMARTS) is 1. The number of carbonyl (C=O) groups is 1. The lowest BCUT2D eigenvalue weighted by Gasteiger charge is -2.08. The van der Waals surface area contributed by atoms with E-state index in [0.29, 0.717) is 12.4 Å². The van der Waals surface area contributed by atoms with E-state index in [1.807, 2.05) is 0 Å². The first-order valence-electron chi connectivity index (χ1n) is 9.11. The van der Waals surface area contributed by atoms with Crippen LogP contribution >= 0.6 is 19.8 Å². The zero-order valence-corrected chi connectivity index (χ0v) is 17.1. The van der Waals surface area contributed by atoms with Crippen LogP contribution in [0.25, 0.3) is 0 Å². The van der Waals surface area contributed by atoms with Crippen LogP contribution in [0.3, 0.4) is 0 Å². The highest BCUT2D eigenvalue weighted by Gasteiger charge is 2.15. The van der Waals surface area contributed by atoms with Gasteiger partial charge in [-0.3, -0.25) is 0 Å². The van der Waals surface area contributed by atoms with E-state index in [4.69, 9.17) is 9.84 Å². The van der Waals surface area contributed by atoms with Crippen LogP contribution in [0.2, 0.25) is 0 Å². The second-order valence-corrected chi connectivity index (χ2v) is 8.60. The van der Waals surface area contributed by atoms with E-state index in [-0.39, 0.29) is 9.13 Å². The molecule has 5 nitrogen and oxygen atoms in total. The number of benzene rings is 1. The highest BCUT2D eigenvalue weighted by molar-refractivity contribution is 14.2. The van der Waals surface area contributed by atoms with Crippen LogP contribution in [0, 0.1) is 3.57 Å². The first kappa shape index (κ1) is 21.9. The zero-order valence-electron chi connectivity index (χ0n) is 15.0. The summed E-state index contributed by atoms with van der Waals surface area (Å²) in [7, 11) is 0. The van der Waals surface area contributed by atoms with Crippen molar-refractivity contribution in [2.24, 2.45) is 0 Å². The minimum absolute atomic E-state index is 0.0945. The van der Waals surface area contributed by atoms with Crippen molar-refractivity contribution in [2.45, 2.75) is 71.1 Å². The Hall–Kier alpha value is -1.18. The van der Waals surface area contributed by atoms with Gasteiger partial charge in [0.05, 0.1) is 15.7 Å². The summed E-state index contributed by atoms with van der Waals surface area (Å²) in [6.45, 7) is 2.75. The number of aromatic carboxylic acids is 1. The Labute approximate surface area is 157 Å². The fraction of sp³-hybridized carbons (Fsp3) is 0.632. The van der Waals surface area contributed by atoms with E-state index >= 15 is 0 Å². The van der Waals surface area contributed by atoms with Gasteiger partial charge in [-0.05, 0) is 24.6 Å². The maximum Gasteiger partial charge on any atom is 0.341 e. The van der Waals surface area contributed by atoms with E-state index in [0.717, 1.165) is 12.8 Å². The quantitative estimate of drug-likeness (QED) is 0.268. The Morgan fingerprint density at radius 1 is 0.960 bits per heavy atom. The number of ether oxygens (including phenoxy) is 1. The van der Waals surface area contributed by atoms with Crippen molar-refractivity contribution in [1.29, 1.82) is 0 Å². The smallest absolute Gasteiger partial charge is 0.341 e. The molecule has 0 saturated heterocycles. The number of unbranched alkanes of at least 4 members (excludes halogenated alkanes) is 9. The number of carboxylic acids is 1. The van der Waals surface area contributed by atoms with Gasteiger partial charge >= 0.3 is 25.8 Å². The molecule has 25 heavy (non-hydrogen) atoms. The number of halogens is 1.